The van der Waals surface area contributed by atoms with Crippen LogP contribution in [0.4, 0.5) is 0 Å². The molecule has 1 saturated heterocycles. The lowest BCUT2D eigenvalue weighted by molar-refractivity contribution is -0.161. The van der Waals surface area contributed by atoms with Gasteiger partial charge >= 0.3 is 23.9 Å². The predicted octanol–water partition coefficient (Wildman–Crippen LogP) is 6.52. The number of cyclic esters (lactones) is 1. The van der Waals surface area contributed by atoms with Crippen molar-refractivity contribution in [3.8, 4) is 11.5 Å². The minimum Gasteiger partial charge on any atom is -0.479 e. The average Bonchev–Trinajstić information content (AvgIpc) is 3.77. The van der Waals surface area contributed by atoms with Crippen LogP contribution in [0.1, 0.15) is 139 Å². The summed E-state index contributed by atoms with van der Waals surface area (Å²) in [6.45, 7) is 7.84. The van der Waals surface area contributed by atoms with Crippen LogP contribution in [0, 0.1) is 34.5 Å². The molecule has 0 bridgehead atoms. The van der Waals surface area contributed by atoms with Gasteiger partial charge in [0.25, 0.3) is 0 Å². The second-order valence-electron chi connectivity index (χ2n) is 19.5. The van der Waals surface area contributed by atoms with E-state index >= 15 is 0 Å². The molecule has 9 rings (SSSR count). The van der Waals surface area contributed by atoms with Gasteiger partial charge in [-0.15, -0.1) is 0 Å². The number of aryl methyl sites for hydroxylation is 2. The Balaban J connectivity index is 0.000000165. The van der Waals surface area contributed by atoms with Gasteiger partial charge in [0.15, 0.2) is 12.2 Å². The Bertz CT molecular complexity index is 1970. The fourth-order valence-corrected chi connectivity index (χ4v) is 12.8. The summed E-state index contributed by atoms with van der Waals surface area (Å²) in [7, 11) is 0. The first kappa shape index (κ1) is 41.9. The van der Waals surface area contributed by atoms with Gasteiger partial charge in [-0.05, 0) is 170 Å². The maximum absolute atomic E-state index is 12.4. The lowest BCUT2D eigenvalue weighted by Gasteiger charge is -2.50. The Morgan fingerprint density at radius 3 is 1.68 bits per heavy atom. The van der Waals surface area contributed by atoms with E-state index in [1.54, 1.807) is 19.9 Å². The third-order valence-electron chi connectivity index (χ3n) is 15.8. The van der Waals surface area contributed by atoms with Crippen LogP contribution in [-0.2, 0) is 41.5 Å². The number of rotatable bonds is 7. The quantitative estimate of drug-likeness (QED) is 0.175. The molecule has 7 aliphatic rings. The summed E-state index contributed by atoms with van der Waals surface area (Å²) in [5, 5.41) is 39.0. The van der Waals surface area contributed by atoms with Crippen molar-refractivity contribution >= 4 is 23.9 Å². The summed E-state index contributed by atoms with van der Waals surface area (Å²) < 4.78 is 21.4. The van der Waals surface area contributed by atoms with Gasteiger partial charge in [0.1, 0.15) is 11.5 Å². The van der Waals surface area contributed by atoms with Crippen LogP contribution in [0.5, 0.6) is 11.5 Å². The van der Waals surface area contributed by atoms with Crippen LogP contribution < -0.4 is 9.47 Å². The summed E-state index contributed by atoms with van der Waals surface area (Å²) >= 11 is 0. The first-order chi connectivity index (χ1) is 28.0. The molecule has 59 heavy (non-hydrogen) atoms. The Morgan fingerprint density at radius 2 is 1.22 bits per heavy atom. The van der Waals surface area contributed by atoms with Crippen LogP contribution in [0.15, 0.2) is 36.4 Å². The minimum absolute atomic E-state index is 0.0547. The van der Waals surface area contributed by atoms with Crippen molar-refractivity contribution in [2.75, 3.05) is 0 Å². The highest BCUT2D eigenvalue weighted by molar-refractivity contribution is 5.84. The standard InChI is InChI=1S/C25H32O6.C22H28O6/c1-24(2)30-20(23(28)31-24)13-22(27)29-15-5-7-16-14(12-15)4-6-18-17(16)10-11-25(3)19(18)8-9-21(25)26;1-22-9-8-15-14-5-3-13(28-20(25)11-18(23)21(26)27)10-12(14)2-4-16(15)17(22)6-7-19(22)24/h5,7,12,17-21,26H,4,6,8-11,13H2,1-3H3;3,5,10,15-19,23-24H,2,4,6-9,11H2,1H3,(H,26,27)/t17?,18?,19?,20-,21+,25+;15?,16?,17?,18-,19+,22+/m11/s1. The number of carboxylic acid groups (broad SMARTS) is 1. The highest BCUT2D eigenvalue weighted by Gasteiger charge is 2.56. The van der Waals surface area contributed by atoms with Gasteiger partial charge in [0, 0.05) is 13.8 Å². The van der Waals surface area contributed by atoms with Crippen molar-refractivity contribution in [1.29, 1.82) is 0 Å². The molecule has 2 aromatic carbocycles. The van der Waals surface area contributed by atoms with Gasteiger partial charge in [0.05, 0.1) is 25.0 Å². The monoisotopic (exact) mass is 816 g/mol. The molecule has 0 radical (unpaired) electrons. The number of aliphatic hydroxyl groups is 3. The predicted molar refractivity (Wildman–Crippen MR) is 213 cm³/mol. The van der Waals surface area contributed by atoms with Crippen LogP contribution in [-0.4, -0.2) is 74.5 Å². The fourth-order valence-electron chi connectivity index (χ4n) is 12.8. The maximum Gasteiger partial charge on any atom is 0.338 e. The number of ether oxygens (including phenoxy) is 4. The molecule has 4 saturated carbocycles. The number of esters is 3. The van der Waals surface area contributed by atoms with Crippen LogP contribution in [0.2, 0.25) is 0 Å². The molecule has 320 valence electrons. The van der Waals surface area contributed by atoms with Crippen LogP contribution >= 0.6 is 0 Å². The second-order valence-corrected chi connectivity index (χ2v) is 19.5. The van der Waals surface area contributed by atoms with Crippen molar-refractivity contribution in [2.45, 2.75) is 160 Å². The number of benzene rings is 2. The first-order valence-electron chi connectivity index (χ1n) is 21.8. The SMILES string of the molecule is CC1(C)OC(=O)[C@@H](CC(=O)Oc2ccc3c(c2)CCC2C3CC[C@@]3(C)C2CC[C@@H]3O)O1.C[C@]12CCC3c4ccc(OC(=O)C[C@@H](O)C(=O)O)cc4CCC3C1CC[C@@H]2O. The lowest BCUT2D eigenvalue weighted by Crippen LogP contribution is -2.43. The van der Waals surface area contributed by atoms with E-state index in [1.807, 2.05) is 24.3 Å². The topological polar surface area (TPSA) is 186 Å². The summed E-state index contributed by atoms with van der Waals surface area (Å²) in [5.74, 6) is 0.122. The fraction of sp³-hybridized carbons (Fsp3) is 0.660. The molecular formula is C47H60O12. The van der Waals surface area contributed by atoms with Crippen molar-refractivity contribution in [2.24, 2.45) is 34.5 Å². The van der Waals surface area contributed by atoms with Crippen molar-refractivity contribution < 1.29 is 58.6 Å². The Morgan fingerprint density at radius 1 is 0.729 bits per heavy atom. The third-order valence-corrected chi connectivity index (χ3v) is 15.8. The van der Waals surface area contributed by atoms with Gasteiger partial charge in [0.2, 0.25) is 5.79 Å². The molecular weight excluding hydrogens is 757 g/mol. The van der Waals surface area contributed by atoms with E-state index in [0.29, 0.717) is 47.0 Å². The number of carbonyl (C=O) groups is 4. The largest absolute Gasteiger partial charge is 0.479 e. The van der Waals surface area contributed by atoms with E-state index in [9.17, 15) is 34.5 Å². The summed E-state index contributed by atoms with van der Waals surface area (Å²) in [6, 6.07) is 11.7. The van der Waals surface area contributed by atoms with Gasteiger partial charge in [-0.1, -0.05) is 26.0 Å². The number of aliphatic hydroxyl groups excluding tert-OH is 3. The molecule has 6 unspecified atom stereocenters. The molecule has 12 heteroatoms. The lowest BCUT2D eigenvalue weighted by atomic mass is 9.55. The normalized spacial score (nSPS) is 36.5. The Hall–Kier alpha value is -3.84. The Kier molecular flexibility index (Phi) is 11.3. The van der Waals surface area contributed by atoms with E-state index in [2.05, 4.69) is 19.9 Å². The maximum atomic E-state index is 12.4. The summed E-state index contributed by atoms with van der Waals surface area (Å²) in [6.07, 6.45) is 8.75. The van der Waals surface area contributed by atoms with Crippen molar-refractivity contribution in [3.63, 3.8) is 0 Å². The number of carbonyl (C=O) groups excluding carboxylic acids is 3. The number of aliphatic carboxylic acids is 1. The molecule has 1 aliphatic heterocycles. The molecule has 0 amide bonds. The zero-order chi connectivity index (χ0) is 42.0. The van der Waals surface area contributed by atoms with E-state index in [1.165, 1.54) is 22.3 Å². The number of hydrogen-bond acceptors (Lipinski definition) is 11. The zero-order valence-electron chi connectivity index (χ0n) is 34.7. The van der Waals surface area contributed by atoms with E-state index in [0.717, 1.165) is 77.0 Å². The molecule has 12 nitrogen and oxygen atoms in total. The minimum atomic E-state index is -1.75. The summed E-state index contributed by atoms with van der Waals surface area (Å²) in [5.41, 5.74) is 5.28. The van der Waals surface area contributed by atoms with Crippen molar-refractivity contribution in [1.82, 2.24) is 0 Å². The molecule has 0 aromatic heterocycles. The molecule has 1 heterocycles. The van der Waals surface area contributed by atoms with Gasteiger partial charge < -0.3 is 39.4 Å². The van der Waals surface area contributed by atoms with Crippen LogP contribution in [0.25, 0.3) is 0 Å². The van der Waals surface area contributed by atoms with Gasteiger partial charge in [-0.3, -0.25) is 9.59 Å². The zero-order valence-corrected chi connectivity index (χ0v) is 34.7. The number of hydrogen-bond donors (Lipinski definition) is 4. The van der Waals surface area contributed by atoms with Crippen molar-refractivity contribution in [3.05, 3.63) is 58.7 Å². The average molecular weight is 817 g/mol. The molecule has 0 spiro atoms. The van der Waals surface area contributed by atoms with E-state index in [4.69, 9.17) is 24.1 Å². The summed E-state index contributed by atoms with van der Waals surface area (Å²) in [4.78, 5) is 46.7. The molecule has 5 fully saturated rings. The number of carboxylic acids is 1. The molecule has 2 aromatic rings. The van der Waals surface area contributed by atoms with E-state index in [-0.39, 0.29) is 29.5 Å². The highest BCUT2D eigenvalue weighted by Crippen LogP contribution is 2.62. The van der Waals surface area contributed by atoms with Gasteiger partial charge in [-0.25, -0.2) is 9.59 Å². The molecule has 6 aliphatic carbocycles. The molecule has 12 atom stereocenters. The van der Waals surface area contributed by atoms with Gasteiger partial charge in [-0.2, -0.15) is 0 Å². The van der Waals surface area contributed by atoms with Crippen LogP contribution in [0.3, 0.4) is 0 Å². The van der Waals surface area contributed by atoms with E-state index < -0.39 is 48.3 Å². The first-order valence-corrected chi connectivity index (χ1v) is 21.8. The second kappa shape index (κ2) is 15.9. The smallest absolute Gasteiger partial charge is 0.338 e. The highest BCUT2D eigenvalue weighted by atomic mass is 16.8. The third kappa shape index (κ3) is 7.95. The molecule has 4 N–H and O–H groups in total. The Labute approximate surface area is 346 Å². The number of fused-ring (bicyclic) bond motifs is 10.